The molecule has 2 N–H and O–H groups in total. The van der Waals surface area contributed by atoms with Crippen LogP contribution in [0, 0.1) is 0 Å². The van der Waals surface area contributed by atoms with Crippen molar-refractivity contribution in [1.29, 1.82) is 0 Å². The van der Waals surface area contributed by atoms with E-state index >= 15 is 0 Å². The van der Waals surface area contributed by atoms with Crippen LogP contribution in [-0.2, 0) is 30.2 Å². The van der Waals surface area contributed by atoms with Crippen molar-refractivity contribution in [2.24, 2.45) is 7.05 Å². The molecule has 2 aromatic rings. The highest BCUT2D eigenvalue weighted by Crippen LogP contribution is 2.29. The van der Waals surface area contributed by atoms with E-state index in [1.165, 1.54) is 18.5 Å². The molecule has 0 fully saturated rings. The van der Waals surface area contributed by atoms with E-state index in [1.807, 2.05) is 0 Å². The molecular formula is C11H12Cl2N4O3S. The van der Waals surface area contributed by atoms with Crippen molar-refractivity contribution < 1.29 is 13.5 Å². The van der Waals surface area contributed by atoms with Crippen LogP contribution in [0.2, 0.25) is 10.0 Å². The summed E-state index contributed by atoms with van der Waals surface area (Å²) >= 11 is 11.8. The first-order valence-electron chi connectivity index (χ1n) is 5.76. The fourth-order valence-corrected chi connectivity index (χ4v) is 3.54. The Morgan fingerprint density at radius 1 is 1.38 bits per heavy atom. The number of nitrogens with one attached hydrogen (secondary N) is 1. The first kappa shape index (κ1) is 16.2. The van der Waals surface area contributed by atoms with E-state index in [4.69, 9.17) is 28.3 Å². The highest BCUT2D eigenvalue weighted by molar-refractivity contribution is 7.89. The molecule has 1 aromatic heterocycles. The van der Waals surface area contributed by atoms with E-state index in [2.05, 4.69) is 14.9 Å². The minimum Gasteiger partial charge on any atom is -0.392 e. The van der Waals surface area contributed by atoms with Gasteiger partial charge in [0.2, 0.25) is 10.0 Å². The van der Waals surface area contributed by atoms with Crippen LogP contribution < -0.4 is 4.72 Å². The molecule has 0 saturated heterocycles. The van der Waals surface area contributed by atoms with Gasteiger partial charge in [-0.1, -0.05) is 23.2 Å². The number of benzene rings is 1. The van der Waals surface area contributed by atoms with Gasteiger partial charge < -0.3 is 9.67 Å². The van der Waals surface area contributed by atoms with Gasteiger partial charge in [-0.2, -0.15) is 0 Å². The predicted molar refractivity (Wildman–Crippen MR) is 77.4 cm³/mol. The van der Waals surface area contributed by atoms with Gasteiger partial charge in [-0.25, -0.2) is 13.1 Å². The summed E-state index contributed by atoms with van der Waals surface area (Å²) in [7, 11) is -2.20. The summed E-state index contributed by atoms with van der Waals surface area (Å²) in [6.07, 6.45) is 1.46. The Kier molecular flexibility index (Phi) is 4.84. The van der Waals surface area contributed by atoms with Crippen molar-refractivity contribution in [2.45, 2.75) is 18.0 Å². The smallest absolute Gasteiger partial charge is 0.242 e. The maximum absolute atomic E-state index is 12.3. The zero-order chi connectivity index (χ0) is 15.6. The fourth-order valence-electron chi connectivity index (χ4n) is 1.63. The second-order valence-corrected chi connectivity index (χ2v) is 6.77. The third-order valence-electron chi connectivity index (χ3n) is 2.76. The Morgan fingerprint density at radius 3 is 2.67 bits per heavy atom. The van der Waals surface area contributed by atoms with E-state index in [9.17, 15) is 8.42 Å². The van der Waals surface area contributed by atoms with E-state index in [1.54, 1.807) is 11.6 Å². The summed E-state index contributed by atoms with van der Waals surface area (Å²) in [5, 5.41) is 16.7. The molecule has 0 atom stereocenters. The summed E-state index contributed by atoms with van der Waals surface area (Å²) in [6, 6.07) is 2.63. The van der Waals surface area contributed by atoms with E-state index in [0.717, 1.165) is 0 Å². The van der Waals surface area contributed by atoms with Crippen LogP contribution >= 0.6 is 23.2 Å². The average molecular weight is 351 g/mol. The average Bonchev–Trinajstić information content (AvgIpc) is 2.84. The number of sulfonamides is 1. The molecule has 0 radical (unpaired) electrons. The monoisotopic (exact) mass is 350 g/mol. The van der Waals surface area contributed by atoms with Crippen LogP contribution in [0.1, 0.15) is 11.4 Å². The predicted octanol–water partition coefficient (Wildman–Crippen LogP) is 1.09. The normalized spacial score (nSPS) is 11.8. The van der Waals surface area contributed by atoms with Crippen LogP contribution in [0.15, 0.2) is 23.4 Å². The van der Waals surface area contributed by atoms with Gasteiger partial charge in [-0.15, -0.1) is 10.2 Å². The Labute approximate surface area is 131 Å². The van der Waals surface area contributed by atoms with Crippen molar-refractivity contribution in [3.05, 3.63) is 39.9 Å². The van der Waals surface area contributed by atoms with Gasteiger partial charge in [0, 0.05) is 12.1 Å². The maximum Gasteiger partial charge on any atom is 0.242 e. The molecule has 0 aliphatic heterocycles. The third kappa shape index (κ3) is 3.53. The van der Waals surface area contributed by atoms with Crippen molar-refractivity contribution >= 4 is 33.2 Å². The largest absolute Gasteiger partial charge is 0.392 e. The fraction of sp³-hybridized carbons (Fsp3) is 0.273. The lowest BCUT2D eigenvalue weighted by molar-refractivity contribution is 0.281. The number of aliphatic hydroxyl groups is 1. The zero-order valence-corrected chi connectivity index (χ0v) is 13.2. The molecule has 0 unspecified atom stereocenters. The molecule has 1 aromatic carbocycles. The molecule has 2 rings (SSSR count). The molecule has 7 nitrogen and oxygen atoms in total. The van der Waals surface area contributed by atoms with Crippen molar-refractivity contribution in [2.75, 3.05) is 0 Å². The maximum atomic E-state index is 12.3. The molecule has 0 aliphatic carbocycles. The standard InChI is InChI=1S/C11H12Cl2N4O3S/c1-17-6-14-16-10(17)4-15-21(19,20)9-3-8(12)2-7(5-18)11(9)13/h2-3,6,15,18H,4-5H2,1H3. The van der Waals surface area contributed by atoms with Crippen LogP contribution in [0.4, 0.5) is 0 Å². The van der Waals surface area contributed by atoms with Gasteiger partial charge in [-0.3, -0.25) is 0 Å². The van der Waals surface area contributed by atoms with Crippen LogP contribution in [0.25, 0.3) is 0 Å². The minimum absolute atomic E-state index is 0.0455. The number of hydrogen-bond donors (Lipinski definition) is 2. The van der Waals surface area contributed by atoms with Gasteiger partial charge >= 0.3 is 0 Å². The Balaban J connectivity index is 2.32. The van der Waals surface area contributed by atoms with E-state index < -0.39 is 16.6 Å². The molecule has 0 amide bonds. The summed E-state index contributed by atoms with van der Waals surface area (Å²) in [4.78, 5) is -0.192. The van der Waals surface area contributed by atoms with E-state index in [0.29, 0.717) is 5.82 Å². The summed E-state index contributed by atoms with van der Waals surface area (Å²) in [6.45, 7) is -0.457. The number of aromatic nitrogens is 3. The number of hydrogen-bond acceptors (Lipinski definition) is 5. The zero-order valence-electron chi connectivity index (χ0n) is 10.9. The van der Waals surface area contributed by atoms with Crippen molar-refractivity contribution in [3.8, 4) is 0 Å². The summed E-state index contributed by atoms with van der Waals surface area (Å²) < 4.78 is 28.5. The van der Waals surface area contributed by atoms with Crippen LogP contribution in [0.3, 0.4) is 0 Å². The lowest BCUT2D eigenvalue weighted by atomic mass is 10.2. The summed E-state index contributed by atoms with van der Waals surface area (Å²) in [5.74, 6) is 0.444. The van der Waals surface area contributed by atoms with Gasteiger partial charge in [0.05, 0.1) is 18.2 Å². The lowest BCUT2D eigenvalue weighted by Gasteiger charge is -2.11. The number of aliphatic hydroxyl groups excluding tert-OH is 1. The third-order valence-corrected chi connectivity index (χ3v) is 4.97. The first-order chi connectivity index (χ1) is 9.85. The second kappa shape index (κ2) is 6.29. The molecule has 1 heterocycles. The highest BCUT2D eigenvalue weighted by atomic mass is 35.5. The molecular weight excluding hydrogens is 339 g/mol. The van der Waals surface area contributed by atoms with Gasteiger partial charge in [0.25, 0.3) is 0 Å². The van der Waals surface area contributed by atoms with Gasteiger partial charge in [0.1, 0.15) is 17.0 Å². The molecule has 10 heteroatoms. The number of rotatable bonds is 5. The molecule has 0 saturated carbocycles. The van der Waals surface area contributed by atoms with E-state index in [-0.39, 0.29) is 27.0 Å². The molecule has 0 bridgehead atoms. The summed E-state index contributed by atoms with van der Waals surface area (Å²) in [5.41, 5.74) is 0.239. The Morgan fingerprint density at radius 2 is 2.10 bits per heavy atom. The van der Waals surface area contributed by atoms with Gasteiger partial charge in [-0.05, 0) is 17.7 Å². The molecule has 114 valence electrons. The Hall–Kier alpha value is -1.19. The minimum atomic E-state index is -3.90. The van der Waals surface area contributed by atoms with Gasteiger partial charge in [0.15, 0.2) is 0 Å². The van der Waals surface area contributed by atoms with Crippen molar-refractivity contribution in [3.63, 3.8) is 0 Å². The lowest BCUT2D eigenvalue weighted by Crippen LogP contribution is -2.25. The quantitative estimate of drug-likeness (QED) is 0.841. The number of nitrogens with zero attached hydrogens (tertiary/aromatic N) is 3. The SMILES string of the molecule is Cn1cnnc1CNS(=O)(=O)c1cc(Cl)cc(CO)c1Cl. The second-order valence-electron chi connectivity index (χ2n) is 4.22. The van der Waals surface area contributed by atoms with Crippen molar-refractivity contribution in [1.82, 2.24) is 19.5 Å². The first-order valence-corrected chi connectivity index (χ1v) is 8.00. The molecule has 21 heavy (non-hydrogen) atoms. The molecule has 0 spiro atoms. The number of aryl methyl sites for hydroxylation is 1. The topological polar surface area (TPSA) is 97.1 Å². The Bertz CT molecular complexity index is 761. The number of halogens is 2. The van der Waals surface area contributed by atoms with Crippen LogP contribution in [0.5, 0.6) is 0 Å². The molecule has 0 aliphatic rings. The van der Waals surface area contributed by atoms with Crippen LogP contribution in [-0.4, -0.2) is 28.3 Å². The highest BCUT2D eigenvalue weighted by Gasteiger charge is 2.21.